The van der Waals surface area contributed by atoms with Gasteiger partial charge in [-0.1, -0.05) is 44.0 Å². The molecule has 38 heavy (non-hydrogen) atoms. The first-order valence-corrected chi connectivity index (χ1v) is 16.9. The zero-order chi connectivity index (χ0) is 27.9. The molecule has 0 N–H and O–H groups in total. The van der Waals surface area contributed by atoms with Gasteiger partial charge in [0.05, 0.1) is 18.5 Å². The molecule has 8 nitrogen and oxygen atoms in total. The van der Waals surface area contributed by atoms with Crippen molar-refractivity contribution in [2.24, 2.45) is 5.92 Å². The highest BCUT2D eigenvalue weighted by Crippen LogP contribution is 2.36. The van der Waals surface area contributed by atoms with E-state index in [1.54, 1.807) is 17.2 Å². The minimum atomic E-state index is -2.01. The Labute approximate surface area is 237 Å². The minimum Gasteiger partial charge on any atom is -0.474 e. The van der Waals surface area contributed by atoms with E-state index in [0.29, 0.717) is 30.6 Å². The van der Waals surface area contributed by atoms with Gasteiger partial charge in [-0.15, -0.1) is 0 Å². The molecule has 1 aliphatic rings. The number of hydrogen-bond acceptors (Lipinski definition) is 7. The Kier molecular flexibility index (Phi) is 10.9. The molecule has 0 bridgehead atoms. The van der Waals surface area contributed by atoms with Crippen LogP contribution in [0.2, 0.25) is 28.4 Å². The number of halogens is 2. The highest BCUT2D eigenvalue weighted by Gasteiger charge is 2.37. The maximum absolute atomic E-state index is 13.6. The predicted octanol–water partition coefficient (Wildman–Crippen LogP) is 6.82. The highest BCUT2D eigenvalue weighted by atomic mass is 35.5. The van der Waals surface area contributed by atoms with Crippen LogP contribution >= 0.6 is 23.2 Å². The molecule has 11 heteroatoms. The lowest BCUT2D eigenvalue weighted by atomic mass is 9.88. The van der Waals surface area contributed by atoms with Crippen molar-refractivity contribution in [2.75, 3.05) is 31.3 Å². The van der Waals surface area contributed by atoms with Gasteiger partial charge in [0.25, 0.3) is 5.91 Å². The summed E-state index contributed by atoms with van der Waals surface area (Å²) in [7, 11) is -2.01. The standard InChI is InChI=1S/C27H40Cl2N4O4Si/c1-7-35-17-19-8-11-21(12-9-19)37-22-13-10-20(16-30-22)33(14-15-36-38(5,6)27(2,3)4)26(34)23-24(28)31-18-32-25(23)29/h10,13,16,18-19,21H,7-9,11-12,14-15,17H2,1-6H3. The molecule has 210 valence electrons. The maximum atomic E-state index is 13.6. The highest BCUT2D eigenvalue weighted by molar-refractivity contribution is 6.74. The monoisotopic (exact) mass is 582 g/mol. The number of carbonyl (C=O) groups is 1. The summed E-state index contributed by atoms with van der Waals surface area (Å²) in [5, 5.41) is 0.0427. The topological polar surface area (TPSA) is 86.7 Å². The Balaban J connectivity index is 1.73. The molecular formula is C27H40Cl2N4O4Si. The second-order valence-electron chi connectivity index (χ2n) is 11.2. The van der Waals surface area contributed by atoms with Gasteiger partial charge in [0, 0.05) is 25.8 Å². The number of hydrogen-bond donors (Lipinski definition) is 0. The van der Waals surface area contributed by atoms with E-state index in [1.807, 2.05) is 13.0 Å². The first-order chi connectivity index (χ1) is 17.9. The van der Waals surface area contributed by atoms with Crippen LogP contribution in [0.3, 0.4) is 0 Å². The van der Waals surface area contributed by atoms with Crippen molar-refractivity contribution in [3.8, 4) is 5.88 Å². The fourth-order valence-corrected chi connectivity index (χ4v) is 5.60. The van der Waals surface area contributed by atoms with E-state index >= 15 is 0 Å². The quantitative estimate of drug-likeness (QED) is 0.212. The van der Waals surface area contributed by atoms with Crippen molar-refractivity contribution in [1.29, 1.82) is 0 Å². The van der Waals surface area contributed by atoms with E-state index in [9.17, 15) is 4.79 Å². The van der Waals surface area contributed by atoms with Crippen LogP contribution in [0.1, 0.15) is 63.7 Å². The van der Waals surface area contributed by atoms with Crippen LogP contribution in [0.25, 0.3) is 0 Å². The minimum absolute atomic E-state index is 0.00170. The first kappa shape index (κ1) is 30.8. The number of anilines is 1. The van der Waals surface area contributed by atoms with Crippen molar-refractivity contribution in [3.63, 3.8) is 0 Å². The smallest absolute Gasteiger partial charge is 0.264 e. The zero-order valence-electron chi connectivity index (χ0n) is 23.3. The molecule has 0 saturated heterocycles. The van der Waals surface area contributed by atoms with Gasteiger partial charge in [0.2, 0.25) is 5.88 Å². The fraction of sp³-hybridized carbons (Fsp3) is 0.630. The molecule has 2 aromatic heterocycles. The Hall–Kier alpha value is -1.78. The summed E-state index contributed by atoms with van der Waals surface area (Å²) >= 11 is 12.5. The molecule has 0 atom stereocenters. The molecule has 0 aromatic carbocycles. The molecule has 2 aromatic rings. The Morgan fingerprint density at radius 2 is 1.74 bits per heavy atom. The van der Waals surface area contributed by atoms with E-state index < -0.39 is 14.2 Å². The summed E-state index contributed by atoms with van der Waals surface area (Å²) < 4.78 is 18.1. The second-order valence-corrected chi connectivity index (χ2v) is 16.7. The molecule has 1 fully saturated rings. The average molecular weight is 584 g/mol. The van der Waals surface area contributed by atoms with Gasteiger partial charge in [-0.2, -0.15) is 0 Å². The first-order valence-electron chi connectivity index (χ1n) is 13.2. The van der Waals surface area contributed by atoms with Crippen LogP contribution in [-0.2, 0) is 9.16 Å². The Morgan fingerprint density at radius 1 is 1.08 bits per heavy atom. The largest absolute Gasteiger partial charge is 0.474 e. The summed E-state index contributed by atoms with van der Waals surface area (Å²) in [6.07, 6.45) is 7.10. The zero-order valence-corrected chi connectivity index (χ0v) is 25.8. The lowest BCUT2D eigenvalue weighted by molar-refractivity contribution is 0.0635. The van der Waals surface area contributed by atoms with Gasteiger partial charge in [-0.25, -0.2) is 15.0 Å². The van der Waals surface area contributed by atoms with Crippen molar-refractivity contribution in [2.45, 2.75) is 77.6 Å². The van der Waals surface area contributed by atoms with Crippen LogP contribution in [0, 0.1) is 5.92 Å². The number of pyridine rings is 1. The summed E-state index contributed by atoms with van der Waals surface area (Å²) in [6.45, 7) is 15.1. The Morgan fingerprint density at radius 3 is 2.29 bits per heavy atom. The molecule has 0 radical (unpaired) electrons. The summed E-state index contributed by atoms with van der Waals surface area (Å²) in [4.78, 5) is 27.6. The van der Waals surface area contributed by atoms with E-state index in [2.05, 4.69) is 48.8 Å². The third-order valence-electron chi connectivity index (χ3n) is 7.47. The fourth-order valence-electron chi connectivity index (χ4n) is 4.09. The number of nitrogens with zero attached hydrogens (tertiary/aromatic N) is 4. The van der Waals surface area contributed by atoms with E-state index in [-0.39, 0.29) is 27.0 Å². The molecule has 0 aliphatic heterocycles. The molecule has 0 spiro atoms. The SMILES string of the molecule is CCOCC1CCC(Oc2ccc(N(CCO[Si](C)(C)C(C)(C)C)C(=O)c3c(Cl)ncnc3Cl)cn2)CC1. The number of ether oxygens (including phenoxy) is 2. The molecule has 3 rings (SSSR count). The molecule has 1 aliphatic carbocycles. The van der Waals surface area contributed by atoms with Crippen molar-refractivity contribution in [3.05, 3.63) is 40.5 Å². The number of carbonyl (C=O) groups excluding carboxylic acids is 1. The molecular weight excluding hydrogens is 543 g/mol. The van der Waals surface area contributed by atoms with E-state index in [0.717, 1.165) is 38.9 Å². The summed E-state index contributed by atoms with van der Waals surface area (Å²) in [5.74, 6) is 0.715. The number of aromatic nitrogens is 3. The number of amides is 1. The average Bonchev–Trinajstić information content (AvgIpc) is 2.86. The lowest BCUT2D eigenvalue weighted by Crippen LogP contribution is -2.43. The van der Waals surface area contributed by atoms with Gasteiger partial charge in [-0.05, 0) is 62.7 Å². The van der Waals surface area contributed by atoms with Crippen molar-refractivity contribution >= 4 is 43.1 Å². The lowest BCUT2D eigenvalue weighted by Gasteiger charge is -2.36. The van der Waals surface area contributed by atoms with Gasteiger partial charge in [0.1, 0.15) is 28.3 Å². The third-order valence-corrected chi connectivity index (χ3v) is 12.6. The van der Waals surface area contributed by atoms with Crippen LogP contribution in [-0.4, -0.2) is 61.6 Å². The van der Waals surface area contributed by atoms with Gasteiger partial charge >= 0.3 is 0 Å². The van der Waals surface area contributed by atoms with Gasteiger partial charge in [0.15, 0.2) is 8.32 Å². The van der Waals surface area contributed by atoms with Crippen molar-refractivity contribution in [1.82, 2.24) is 15.0 Å². The molecule has 0 unspecified atom stereocenters. The predicted molar refractivity (Wildman–Crippen MR) is 154 cm³/mol. The normalized spacial score (nSPS) is 18.3. The molecule has 1 amide bonds. The van der Waals surface area contributed by atoms with Gasteiger partial charge < -0.3 is 18.8 Å². The van der Waals surface area contributed by atoms with Gasteiger partial charge in [-0.3, -0.25) is 4.79 Å². The molecule has 1 saturated carbocycles. The van der Waals surface area contributed by atoms with Crippen LogP contribution in [0.4, 0.5) is 5.69 Å². The summed E-state index contributed by atoms with van der Waals surface area (Å²) in [5.41, 5.74) is 0.630. The van der Waals surface area contributed by atoms with Crippen LogP contribution in [0.5, 0.6) is 5.88 Å². The van der Waals surface area contributed by atoms with E-state index in [1.165, 1.54) is 6.33 Å². The number of rotatable bonds is 11. The second kappa shape index (κ2) is 13.5. The summed E-state index contributed by atoms with van der Waals surface area (Å²) in [6, 6.07) is 3.61. The van der Waals surface area contributed by atoms with Crippen LogP contribution < -0.4 is 9.64 Å². The van der Waals surface area contributed by atoms with Crippen LogP contribution in [0.15, 0.2) is 24.7 Å². The van der Waals surface area contributed by atoms with E-state index in [4.69, 9.17) is 37.1 Å². The third kappa shape index (κ3) is 8.11. The molecule has 2 heterocycles. The van der Waals surface area contributed by atoms with Crippen molar-refractivity contribution < 1.29 is 18.7 Å². The maximum Gasteiger partial charge on any atom is 0.264 e. The Bertz CT molecular complexity index is 1040.